The summed E-state index contributed by atoms with van der Waals surface area (Å²) in [6.45, 7) is 7.18. The van der Waals surface area contributed by atoms with Crippen molar-refractivity contribution in [1.82, 2.24) is 14.5 Å². The Kier molecular flexibility index (Phi) is 7.37. The average Bonchev–Trinajstić information content (AvgIpc) is 3.39. The van der Waals surface area contributed by atoms with Crippen molar-refractivity contribution in [3.05, 3.63) is 126 Å². The van der Waals surface area contributed by atoms with Crippen LogP contribution in [0.25, 0.3) is 0 Å². The molecule has 1 fully saturated rings. The standard InChI is InChI=1S/C33H37N3O2/c1-32(2,3)38-31(37)35-21-19-26(20-22-35)23-30-24-36(25-34-30)33(27-13-7-4-8-14-27,28-15-9-5-10-16-28)29-17-11-6-12-18-29/h4-18,24-26H,19-23H2,1-3H3. The van der Waals surface area contributed by atoms with Crippen molar-refractivity contribution in [1.29, 1.82) is 0 Å². The van der Waals surface area contributed by atoms with Crippen LogP contribution in [-0.2, 0) is 16.7 Å². The van der Waals surface area contributed by atoms with Gasteiger partial charge in [-0.05, 0) is 62.6 Å². The minimum atomic E-state index is -0.547. The van der Waals surface area contributed by atoms with Crippen LogP contribution < -0.4 is 0 Å². The van der Waals surface area contributed by atoms with E-state index in [1.165, 1.54) is 16.7 Å². The predicted octanol–water partition coefficient (Wildman–Crippen LogP) is 6.91. The fourth-order valence-corrected chi connectivity index (χ4v) is 5.58. The van der Waals surface area contributed by atoms with Gasteiger partial charge in [-0.1, -0.05) is 91.0 Å². The van der Waals surface area contributed by atoms with Crippen molar-refractivity contribution < 1.29 is 9.53 Å². The lowest BCUT2D eigenvalue weighted by molar-refractivity contribution is 0.0184. The molecule has 0 bridgehead atoms. The van der Waals surface area contributed by atoms with Crippen LogP contribution in [0.2, 0.25) is 0 Å². The maximum atomic E-state index is 12.5. The van der Waals surface area contributed by atoms with E-state index in [0.717, 1.165) is 38.0 Å². The highest BCUT2D eigenvalue weighted by Gasteiger charge is 2.38. The fourth-order valence-electron chi connectivity index (χ4n) is 5.58. The number of ether oxygens (including phenoxy) is 1. The van der Waals surface area contributed by atoms with Crippen LogP contribution in [0.1, 0.15) is 56.0 Å². The van der Waals surface area contributed by atoms with Gasteiger partial charge in [0, 0.05) is 19.3 Å². The largest absolute Gasteiger partial charge is 0.444 e. The third kappa shape index (κ3) is 5.38. The lowest BCUT2D eigenvalue weighted by Crippen LogP contribution is -2.42. The molecular formula is C33H37N3O2. The molecule has 0 N–H and O–H groups in total. The first-order valence-corrected chi connectivity index (χ1v) is 13.5. The summed E-state index contributed by atoms with van der Waals surface area (Å²) in [5.41, 5.74) is 3.62. The molecule has 1 amide bonds. The Hall–Kier alpha value is -3.86. The molecule has 5 nitrogen and oxygen atoms in total. The number of likely N-dealkylation sites (tertiary alicyclic amines) is 1. The fraction of sp³-hybridized carbons (Fsp3) is 0.333. The molecule has 5 heteroatoms. The number of carbonyl (C=O) groups excluding carboxylic acids is 1. The van der Waals surface area contributed by atoms with Gasteiger partial charge in [0.2, 0.25) is 0 Å². The quantitative estimate of drug-likeness (QED) is 0.266. The monoisotopic (exact) mass is 507 g/mol. The van der Waals surface area contributed by atoms with Gasteiger partial charge in [-0.15, -0.1) is 0 Å². The van der Waals surface area contributed by atoms with Crippen LogP contribution in [0.3, 0.4) is 0 Å². The van der Waals surface area contributed by atoms with Crippen molar-refractivity contribution in [2.45, 2.75) is 51.2 Å². The van der Waals surface area contributed by atoms with Gasteiger partial charge in [0.25, 0.3) is 0 Å². The number of rotatable bonds is 6. The van der Waals surface area contributed by atoms with E-state index in [2.05, 4.69) is 102 Å². The van der Waals surface area contributed by atoms with E-state index in [0.29, 0.717) is 5.92 Å². The average molecular weight is 508 g/mol. The van der Waals surface area contributed by atoms with E-state index in [9.17, 15) is 4.79 Å². The Labute approximate surface area is 226 Å². The second kappa shape index (κ2) is 10.9. The molecule has 1 aromatic heterocycles. The molecule has 0 radical (unpaired) electrons. The van der Waals surface area contributed by atoms with Gasteiger partial charge in [-0.25, -0.2) is 9.78 Å². The number of hydrogen-bond donors (Lipinski definition) is 0. The topological polar surface area (TPSA) is 47.4 Å². The van der Waals surface area contributed by atoms with E-state index in [4.69, 9.17) is 9.72 Å². The van der Waals surface area contributed by atoms with Gasteiger partial charge in [0.1, 0.15) is 11.1 Å². The van der Waals surface area contributed by atoms with Crippen molar-refractivity contribution in [2.24, 2.45) is 5.92 Å². The Morgan fingerprint density at radius 3 is 1.74 bits per heavy atom. The normalized spacial score (nSPS) is 14.9. The third-order valence-corrected chi connectivity index (χ3v) is 7.36. The van der Waals surface area contributed by atoms with Crippen LogP contribution in [0, 0.1) is 5.92 Å². The van der Waals surface area contributed by atoms with Crippen molar-refractivity contribution >= 4 is 6.09 Å². The van der Waals surface area contributed by atoms with Gasteiger partial charge in [-0.3, -0.25) is 0 Å². The van der Waals surface area contributed by atoms with E-state index in [1.54, 1.807) is 0 Å². The first-order valence-electron chi connectivity index (χ1n) is 13.5. The number of benzene rings is 3. The molecule has 0 saturated carbocycles. The molecule has 38 heavy (non-hydrogen) atoms. The summed E-state index contributed by atoms with van der Waals surface area (Å²) in [4.78, 5) is 19.2. The Morgan fingerprint density at radius 1 is 0.816 bits per heavy atom. The molecule has 1 saturated heterocycles. The first kappa shape index (κ1) is 25.8. The van der Waals surface area contributed by atoms with E-state index < -0.39 is 11.1 Å². The summed E-state index contributed by atoms with van der Waals surface area (Å²) in [7, 11) is 0. The van der Waals surface area contributed by atoms with Crippen molar-refractivity contribution in [2.75, 3.05) is 13.1 Å². The minimum Gasteiger partial charge on any atom is -0.444 e. The van der Waals surface area contributed by atoms with Crippen LogP contribution >= 0.6 is 0 Å². The molecule has 0 atom stereocenters. The highest BCUT2D eigenvalue weighted by Crippen LogP contribution is 2.41. The molecular weight excluding hydrogens is 470 g/mol. The molecule has 1 aliphatic heterocycles. The van der Waals surface area contributed by atoms with Gasteiger partial charge in [0.05, 0.1) is 12.0 Å². The summed E-state index contributed by atoms with van der Waals surface area (Å²) in [5.74, 6) is 0.483. The highest BCUT2D eigenvalue weighted by atomic mass is 16.6. The lowest BCUT2D eigenvalue weighted by Gasteiger charge is -2.37. The molecule has 1 aliphatic rings. The zero-order valence-electron chi connectivity index (χ0n) is 22.6. The number of nitrogens with zero attached hydrogens (tertiary/aromatic N) is 3. The number of aromatic nitrogens is 2. The van der Waals surface area contributed by atoms with Crippen LogP contribution in [0.4, 0.5) is 4.79 Å². The Morgan fingerprint density at radius 2 is 1.29 bits per heavy atom. The number of imidazole rings is 1. The van der Waals surface area contributed by atoms with Gasteiger partial charge >= 0.3 is 6.09 Å². The molecule has 4 aromatic rings. The molecule has 0 unspecified atom stereocenters. The Bertz CT molecular complexity index is 1220. The second-order valence-electron chi connectivity index (χ2n) is 11.2. The highest BCUT2D eigenvalue weighted by molar-refractivity contribution is 5.68. The molecule has 196 valence electrons. The number of hydrogen-bond acceptors (Lipinski definition) is 3. The number of piperidine rings is 1. The maximum absolute atomic E-state index is 12.5. The molecule has 5 rings (SSSR count). The minimum absolute atomic E-state index is 0.210. The SMILES string of the molecule is CC(C)(C)OC(=O)N1CCC(Cc2cn(C(c3ccccc3)(c3ccccc3)c3ccccc3)cn2)CC1. The van der Waals surface area contributed by atoms with Gasteiger partial charge < -0.3 is 14.2 Å². The second-order valence-corrected chi connectivity index (χ2v) is 11.2. The molecule has 2 heterocycles. The van der Waals surface area contributed by atoms with Gasteiger partial charge in [0.15, 0.2) is 0 Å². The molecule has 3 aromatic carbocycles. The summed E-state index contributed by atoms with van der Waals surface area (Å²) in [6, 6.07) is 32.0. The third-order valence-electron chi connectivity index (χ3n) is 7.36. The summed E-state index contributed by atoms with van der Waals surface area (Å²) in [5, 5.41) is 0. The van der Waals surface area contributed by atoms with Crippen LogP contribution in [0.15, 0.2) is 104 Å². The summed E-state index contributed by atoms with van der Waals surface area (Å²) in [6.07, 6.45) is 6.79. The maximum Gasteiger partial charge on any atom is 0.410 e. The van der Waals surface area contributed by atoms with E-state index >= 15 is 0 Å². The number of carbonyl (C=O) groups is 1. The zero-order valence-corrected chi connectivity index (χ0v) is 22.6. The smallest absolute Gasteiger partial charge is 0.410 e. The van der Waals surface area contributed by atoms with Crippen LogP contribution in [0.5, 0.6) is 0 Å². The summed E-state index contributed by atoms with van der Waals surface area (Å²) < 4.78 is 7.84. The lowest BCUT2D eigenvalue weighted by atomic mass is 9.76. The van der Waals surface area contributed by atoms with Crippen molar-refractivity contribution in [3.63, 3.8) is 0 Å². The van der Waals surface area contributed by atoms with E-state index in [-0.39, 0.29) is 6.09 Å². The van der Waals surface area contributed by atoms with Crippen molar-refractivity contribution in [3.8, 4) is 0 Å². The van der Waals surface area contributed by atoms with E-state index in [1.807, 2.05) is 32.0 Å². The molecule has 0 aliphatic carbocycles. The van der Waals surface area contributed by atoms with Crippen LogP contribution in [-0.4, -0.2) is 39.2 Å². The molecule has 0 spiro atoms. The first-order chi connectivity index (χ1) is 18.4. The number of amides is 1. The predicted molar refractivity (Wildman–Crippen MR) is 151 cm³/mol. The van der Waals surface area contributed by atoms with Gasteiger partial charge in [-0.2, -0.15) is 0 Å². The zero-order chi connectivity index (χ0) is 26.6. The Balaban J connectivity index is 1.43. The summed E-state index contributed by atoms with van der Waals surface area (Å²) >= 11 is 0.